The van der Waals surface area contributed by atoms with Crippen LogP contribution < -0.4 is 37.1 Å². The quantitative estimate of drug-likeness (QED) is 0.378. The minimum absolute atomic E-state index is 0.189. The highest BCUT2D eigenvalue weighted by atomic mass is 15.2. The maximum atomic E-state index is 2.46. The van der Waals surface area contributed by atoms with Crippen LogP contribution in [0.3, 0.4) is 0 Å². The first-order chi connectivity index (χ1) is 17.2. The smallest absolute Gasteiger partial charge is 0.252 e. The van der Waals surface area contributed by atoms with E-state index in [-0.39, 0.29) is 6.71 Å². The Balaban J connectivity index is 1.58. The number of anilines is 6. The number of hydrogen-bond acceptors (Lipinski definition) is 2. The molecule has 0 saturated carbocycles. The van der Waals surface area contributed by atoms with Gasteiger partial charge in [0, 0.05) is 34.1 Å². The third kappa shape index (κ3) is 3.01. The molecule has 2 aliphatic rings. The van der Waals surface area contributed by atoms with E-state index in [1.54, 1.807) is 0 Å². The number of rotatable bonds is 2. The van der Waals surface area contributed by atoms with Gasteiger partial charge in [-0.3, -0.25) is 0 Å². The van der Waals surface area contributed by atoms with E-state index in [0.717, 1.165) is 0 Å². The lowest BCUT2D eigenvalue weighted by Gasteiger charge is -2.44. The van der Waals surface area contributed by atoms with E-state index in [1.807, 2.05) is 0 Å². The standard InChI is InChI=1S/C30H23B3N2/c31-20-8-6-11-23(18-20)35-28-15-7-14-27-30(28)33(25-17-16-21(32)19-29(25)35)24-12-4-5-13-26(24)34(27)22-9-2-1-3-10-22/h1-19H,31-32H2. The van der Waals surface area contributed by atoms with Crippen molar-refractivity contribution in [3.63, 3.8) is 0 Å². The second-order valence-electron chi connectivity index (χ2n) is 9.61. The summed E-state index contributed by atoms with van der Waals surface area (Å²) in [5, 5.41) is 0. The average molecular weight is 444 g/mol. The molecule has 0 aromatic heterocycles. The monoisotopic (exact) mass is 444 g/mol. The van der Waals surface area contributed by atoms with E-state index in [0.29, 0.717) is 0 Å². The molecule has 0 unspecified atom stereocenters. The second-order valence-corrected chi connectivity index (χ2v) is 9.61. The first kappa shape index (κ1) is 20.3. The SMILES string of the molecule is Bc1cccc(N2c3cc(B)ccc3B3c4ccccc4N(c4ccccc4)c4cccc2c43)c1. The van der Waals surface area contributed by atoms with Gasteiger partial charge in [0.2, 0.25) is 0 Å². The average Bonchev–Trinajstić information content (AvgIpc) is 2.89. The van der Waals surface area contributed by atoms with Gasteiger partial charge >= 0.3 is 0 Å². The lowest BCUT2D eigenvalue weighted by atomic mass is 9.33. The van der Waals surface area contributed by atoms with Gasteiger partial charge in [-0.1, -0.05) is 77.7 Å². The Morgan fingerprint density at radius 2 is 1.06 bits per heavy atom. The molecule has 7 rings (SSSR count). The summed E-state index contributed by atoms with van der Waals surface area (Å²) in [6.07, 6.45) is 0. The molecule has 35 heavy (non-hydrogen) atoms. The summed E-state index contributed by atoms with van der Waals surface area (Å²) < 4.78 is 0. The number of hydrogen-bond donors (Lipinski definition) is 0. The van der Waals surface area contributed by atoms with E-state index in [1.165, 1.54) is 61.4 Å². The topological polar surface area (TPSA) is 6.48 Å². The van der Waals surface area contributed by atoms with Gasteiger partial charge in [0.25, 0.3) is 6.71 Å². The molecule has 0 bridgehead atoms. The summed E-state index contributed by atoms with van der Waals surface area (Å²) in [5.41, 5.74) is 14.0. The second kappa shape index (κ2) is 7.71. The molecule has 0 radical (unpaired) electrons. The van der Waals surface area contributed by atoms with Crippen LogP contribution in [0.15, 0.2) is 115 Å². The van der Waals surface area contributed by atoms with Gasteiger partial charge in [-0.25, -0.2) is 0 Å². The predicted molar refractivity (Wildman–Crippen MR) is 157 cm³/mol. The van der Waals surface area contributed by atoms with Crippen molar-refractivity contribution in [2.45, 2.75) is 0 Å². The molecular weight excluding hydrogens is 421 g/mol. The van der Waals surface area contributed by atoms with Crippen molar-refractivity contribution in [3.05, 3.63) is 115 Å². The van der Waals surface area contributed by atoms with Crippen molar-refractivity contribution in [1.29, 1.82) is 0 Å². The molecule has 2 heterocycles. The summed E-state index contributed by atoms with van der Waals surface area (Å²) in [6, 6.07) is 42.2. The summed E-state index contributed by atoms with van der Waals surface area (Å²) in [7, 11) is 4.36. The first-order valence-electron chi connectivity index (χ1n) is 12.2. The van der Waals surface area contributed by atoms with Gasteiger partial charge in [-0.15, -0.1) is 0 Å². The van der Waals surface area contributed by atoms with Crippen LogP contribution in [0.1, 0.15) is 0 Å². The zero-order valence-electron chi connectivity index (χ0n) is 19.9. The maximum Gasteiger partial charge on any atom is 0.252 e. The van der Waals surface area contributed by atoms with Gasteiger partial charge in [0.05, 0.1) is 0 Å². The molecule has 2 aliphatic heterocycles. The Bertz CT molecular complexity index is 1600. The predicted octanol–water partition coefficient (Wildman–Crippen LogP) is 2.29. The van der Waals surface area contributed by atoms with Crippen molar-refractivity contribution >= 4 is 83.8 Å². The molecule has 0 saturated heterocycles. The molecule has 0 spiro atoms. The van der Waals surface area contributed by atoms with E-state index in [4.69, 9.17) is 0 Å². The largest absolute Gasteiger partial charge is 0.311 e. The zero-order valence-corrected chi connectivity index (χ0v) is 19.9. The minimum Gasteiger partial charge on any atom is -0.311 e. The van der Waals surface area contributed by atoms with Crippen LogP contribution in [0.5, 0.6) is 0 Å². The van der Waals surface area contributed by atoms with Crippen LogP contribution in [0.4, 0.5) is 34.1 Å². The highest BCUT2D eigenvalue weighted by molar-refractivity contribution is 7.00. The van der Waals surface area contributed by atoms with Gasteiger partial charge < -0.3 is 9.80 Å². The molecule has 0 amide bonds. The number of nitrogens with zero attached hydrogens (tertiary/aromatic N) is 2. The van der Waals surface area contributed by atoms with Crippen LogP contribution in [-0.4, -0.2) is 22.4 Å². The third-order valence-corrected chi connectivity index (χ3v) is 7.33. The van der Waals surface area contributed by atoms with Crippen molar-refractivity contribution in [3.8, 4) is 0 Å². The number of para-hydroxylation sites is 2. The Labute approximate surface area is 208 Å². The molecular formula is C30H23B3N2. The molecule has 162 valence electrons. The maximum absolute atomic E-state index is 2.46. The fraction of sp³-hybridized carbons (Fsp3) is 0. The highest BCUT2D eigenvalue weighted by Crippen LogP contribution is 2.42. The highest BCUT2D eigenvalue weighted by Gasteiger charge is 2.42. The minimum atomic E-state index is 0.189. The van der Waals surface area contributed by atoms with Gasteiger partial charge in [-0.05, 0) is 64.9 Å². The van der Waals surface area contributed by atoms with Crippen molar-refractivity contribution in [2.75, 3.05) is 9.80 Å². The van der Waals surface area contributed by atoms with Crippen molar-refractivity contribution in [2.24, 2.45) is 0 Å². The number of benzene rings is 5. The first-order valence-corrected chi connectivity index (χ1v) is 12.2. The van der Waals surface area contributed by atoms with E-state index in [9.17, 15) is 0 Å². The van der Waals surface area contributed by atoms with E-state index < -0.39 is 0 Å². The van der Waals surface area contributed by atoms with Crippen molar-refractivity contribution in [1.82, 2.24) is 0 Å². The van der Waals surface area contributed by atoms with Crippen LogP contribution in [0.25, 0.3) is 0 Å². The van der Waals surface area contributed by atoms with Crippen LogP contribution in [-0.2, 0) is 0 Å². The fourth-order valence-electron chi connectivity index (χ4n) is 5.89. The normalized spacial score (nSPS) is 13.2. The summed E-state index contributed by atoms with van der Waals surface area (Å²) in [4.78, 5) is 4.89. The summed E-state index contributed by atoms with van der Waals surface area (Å²) in [5.74, 6) is 0. The molecule has 5 aromatic carbocycles. The molecule has 5 aromatic rings. The lowest BCUT2D eigenvalue weighted by Crippen LogP contribution is -2.61. The van der Waals surface area contributed by atoms with Crippen LogP contribution in [0, 0.1) is 0 Å². The van der Waals surface area contributed by atoms with E-state index >= 15 is 0 Å². The lowest BCUT2D eigenvalue weighted by molar-refractivity contribution is 1.26. The Kier molecular flexibility index (Phi) is 4.47. The Morgan fingerprint density at radius 1 is 0.457 bits per heavy atom. The third-order valence-electron chi connectivity index (χ3n) is 7.33. The van der Waals surface area contributed by atoms with Crippen molar-refractivity contribution < 1.29 is 0 Å². The van der Waals surface area contributed by atoms with Crippen LogP contribution in [0.2, 0.25) is 0 Å². The Morgan fingerprint density at radius 3 is 1.86 bits per heavy atom. The molecule has 5 heteroatoms. The van der Waals surface area contributed by atoms with Gasteiger partial charge in [-0.2, -0.15) is 0 Å². The van der Waals surface area contributed by atoms with Gasteiger partial charge in [0.1, 0.15) is 15.7 Å². The molecule has 0 N–H and O–H groups in total. The van der Waals surface area contributed by atoms with E-state index in [2.05, 4.69) is 141 Å². The zero-order chi connectivity index (χ0) is 23.5. The van der Waals surface area contributed by atoms with Crippen LogP contribution >= 0.6 is 0 Å². The Hall–Kier alpha value is -4.11. The summed E-state index contributed by atoms with van der Waals surface area (Å²) in [6.45, 7) is 0.189. The molecule has 2 nitrogen and oxygen atoms in total. The molecule has 0 aliphatic carbocycles. The molecule has 0 atom stereocenters. The number of fused-ring (bicyclic) bond motifs is 4. The molecule has 0 fully saturated rings. The summed E-state index contributed by atoms with van der Waals surface area (Å²) >= 11 is 0. The fourth-order valence-corrected chi connectivity index (χ4v) is 5.89. The van der Waals surface area contributed by atoms with Gasteiger partial charge in [0.15, 0.2) is 0 Å².